The van der Waals surface area contributed by atoms with Crippen LogP contribution in [0.2, 0.25) is 0 Å². The normalized spacial score (nSPS) is 19.5. The van der Waals surface area contributed by atoms with Gasteiger partial charge in [0.25, 0.3) is 10.2 Å². The molecule has 1 fully saturated rings. The number of carboxylic acid groups (broad SMARTS) is 1. The molecule has 1 unspecified atom stereocenters. The van der Waals surface area contributed by atoms with E-state index in [4.69, 9.17) is 16.0 Å². The van der Waals surface area contributed by atoms with Crippen LogP contribution in [0.4, 0.5) is 0 Å². The zero-order valence-corrected chi connectivity index (χ0v) is 11.6. The highest BCUT2D eigenvalue weighted by atomic mass is 32.2. The predicted molar refractivity (Wildman–Crippen MR) is 70.5 cm³/mol. The van der Waals surface area contributed by atoms with Crippen LogP contribution in [-0.2, 0) is 15.0 Å². The van der Waals surface area contributed by atoms with E-state index in [0.29, 0.717) is 6.54 Å². The van der Waals surface area contributed by atoms with Crippen molar-refractivity contribution in [1.82, 2.24) is 9.62 Å². The monoisotopic (exact) mass is 294 g/mol. The standard InChI is InChI=1S/C10H22N4O4S/c11-9(10(15)16)3-6-14(19(12,17)18)7-8-1-4-13-5-2-8/h8-9,13H,1-7,11H2,(H,15,16)(H2,12,17,18). The van der Waals surface area contributed by atoms with Crippen molar-refractivity contribution < 1.29 is 18.3 Å². The Morgan fingerprint density at radius 1 is 1.42 bits per heavy atom. The highest BCUT2D eigenvalue weighted by Crippen LogP contribution is 2.15. The maximum atomic E-state index is 11.5. The lowest BCUT2D eigenvalue weighted by Crippen LogP contribution is -2.44. The van der Waals surface area contributed by atoms with Crippen molar-refractivity contribution in [3.63, 3.8) is 0 Å². The summed E-state index contributed by atoms with van der Waals surface area (Å²) in [5, 5.41) is 17.0. The van der Waals surface area contributed by atoms with E-state index < -0.39 is 22.2 Å². The van der Waals surface area contributed by atoms with Gasteiger partial charge >= 0.3 is 5.97 Å². The third-order valence-electron chi connectivity index (χ3n) is 3.29. The second kappa shape index (κ2) is 7.15. The maximum Gasteiger partial charge on any atom is 0.320 e. The van der Waals surface area contributed by atoms with Gasteiger partial charge in [0.15, 0.2) is 0 Å². The molecule has 0 aromatic rings. The number of nitrogens with zero attached hydrogens (tertiary/aromatic N) is 1. The quantitative estimate of drug-likeness (QED) is 0.441. The van der Waals surface area contributed by atoms with Crippen LogP contribution < -0.4 is 16.2 Å². The van der Waals surface area contributed by atoms with Crippen molar-refractivity contribution >= 4 is 16.2 Å². The van der Waals surface area contributed by atoms with E-state index in [-0.39, 0.29) is 18.9 Å². The zero-order chi connectivity index (χ0) is 14.5. The van der Waals surface area contributed by atoms with E-state index in [1.54, 1.807) is 0 Å². The molecule has 0 saturated carbocycles. The van der Waals surface area contributed by atoms with Crippen LogP contribution in [0.5, 0.6) is 0 Å². The Kier molecular flexibility index (Phi) is 6.14. The molecule has 1 atom stereocenters. The van der Waals surface area contributed by atoms with Crippen LogP contribution in [0.25, 0.3) is 0 Å². The van der Waals surface area contributed by atoms with Gasteiger partial charge in [0.2, 0.25) is 0 Å². The first kappa shape index (κ1) is 16.3. The van der Waals surface area contributed by atoms with Gasteiger partial charge in [-0.25, -0.2) is 5.14 Å². The van der Waals surface area contributed by atoms with Crippen molar-refractivity contribution in [1.29, 1.82) is 0 Å². The van der Waals surface area contributed by atoms with Crippen molar-refractivity contribution in [2.24, 2.45) is 16.8 Å². The summed E-state index contributed by atoms with van der Waals surface area (Å²) >= 11 is 0. The number of rotatable bonds is 7. The molecule has 0 amide bonds. The molecule has 6 N–H and O–H groups in total. The lowest BCUT2D eigenvalue weighted by Gasteiger charge is -2.28. The summed E-state index contributed by atoms with van der Waals surface area (Å²) in [6, 6.07) is -1.07. The van der Waals surface area contributed by atoms with E-state index in [0.717, 1.165) is 30.2 Å². The molecule has 0 aromatic carbocycles. The Morgan fingerprint density at radius 3 is 2.47 bits per heavy atom. The summed E-state index contributed by atoms with van der Waals surface area (Å²) in [4.78, 5) is 10.6. The molecule has 112 valence electrons. The third-order valence-corrected chi connectivity index (χ3v) is 4.34. The van der Waals surface area contributed by atoms with Crippen LogP contribution in [0.15, 0.2) is 0 Å². The van der Waals surface area contributed by atoms with Crippen molar-refractivity contribution in [2.45, 2.75) is 25.3 Å². The van der Waals surface area contributed by atoms with E-state index in [1.165, 1.54) is 0 Å². The summed E-state index contributed by atoms with van der Waals surface area (Å²) in [5.74, 6) is -0.892. The predicted octanol–water partition coefficient (Wildman–Crippen LogP) is -1.71. The minimum Gasteiger partial charge on any atom is -0.480 e. The minimum atomic E-state index is -3.82. The molecular formula is C10H22N4O4S. The van der Waals surface area contributed by atoms with Crippen LogP contribution in [0, 0.1) is 5.92 Å². The molecule has 0 spiro atoms. The molecule has 19 heavy (non-hydrogen) atoms. The number of nitrogens with two attached hydrogens (primary N) is 2. The van der Waals surface area contributed by atoms with Crippen LogP contribution >= 0.6 is 0 Å². The molecule has 1 aliphatic rings. The second-order valence-corrected chi connectivity index (χ2v) is 6.38. The number of hydrogen-bond acceptors (Lipinski definition) is 5. The lowest BCUT2D eigenvalue weighted by atomic mass is 9.98. The van der Waals surface area contributed by atoms with Crippen LogP contribution in [0.1, 0.15) is 19.3 Å². The Morgan fingerprint density at radius 2 is 2.00 bits per heavy atom. The molecule has 1 saturated heterocycles. The van der Waals surface area contributed by atoms with Crippen LogP contribution in [-0.4, -0.2) is 56.0 Å². The molecule has 8 nitrogen and oxygen atoms in total. The van der Waals surface area contributed by atoms with Crippen molar-refractivity contribution in [2.75, 3.05) is 26.2 Å². The molecule has 0 radical (unpaired) electrons. The lowest BCUT2D eigenvalue weighted by molar-refractivity contribution is -0.138. The Labute approximate surface area is 113 Å². The smallest absolute Gasteiger partial charge is 0.320 e. The number of carbonyl (C=O) groups is 1. The van der Waals surface area contributed by atoms with Gasteiger partial charge in [0.1, 0.15) is 6.04 Å². The Hall–Kier alpha value is -0.740. The summed E-state index contributed by atoms with van der Waals surface area (Å²) < 4.78 is 24.1. The summed E-state index contributed by atoms with van der Waals surface area (Å²) in [6.07, 6.45) is 1.82. The molecule has 9 heteroatoms. The first-order valence-corrected chi connectivity index (χ1v) is 7.78. The van der Waals surface area contributed by atoms with Gasteiger partial charge in [-0.05, 0) is 38.3 Å². The second-order valence-electron chi connectivity index (χ2n) is 4.83. The van der Waals surface area contributed by atoms with Gasteiger partial charge in [-0.15, -0.1) is 0 Å². The van der Waals surface area contributed by atoms with Gasteiger partial charge in [-0.3, -0.25) is 4.79 Å². The SMILES string of the molecule is NC(CCN(CC1CCNCC1)S(N)(=O)=O)C(=O)O. The van der Waals surface area contributed by atoms with E-state index in [1.807, 2.05) is 0 Å². The fourth-order valence-electron chi connectivity index (χ4n) is 2.08. The van der Waals surface area contributed by atoms with Gasteiger partial charge < -0.3 is 16.2 Å². The number of carboxylic acids is 1. The molecule has 0 aliphatic carbocycles. The fraction of sp³-hybridized carbons (Fsp3) is 0.900. The van der Waals surface area contributed by atoms with Crippen LogP contribution in [0.3, 0.4) is 0 Å². The molecule has 1 rings (SSSR count). The number of nitrogens with one attached hydrogen (secondary N) is 1. The van der Waals surface area contributed by atoms with E-state index in [9.17, 15) is 13.2 Å². The molecule has 1 aliphatic heterocycles. The van der Waals surface area contributed by atoms with Crippen molar-refractivity contribution in [3.05, 3.63) is 0 Å². The Bertz CT molecular complexity index is 394. The molecule has 0 bridgehead atoms. The van der Waals surface area contributed by atoms with E-state index in [2.05, 4.69) is 5.32 Å². The average molecular weight is 294 g/mol. The van der Waals surface area contributed by atoms with Gasteiger partial charge in [-0.1, -0.05) is 0 Å². The molecule has 0 aromatic heterocycles. The average Bonchev–Trinajstić information content (AvgIpc) is 2.33. The first-order valence-electron chi connectivity index (χ1n) is 6.27. The van der Waals surface area contributed by atoms with E-state index >= 15 is 0 Å². The largest absolute Gasteiger partial charge is 0.480 e. The summed E-state index contributed by atoms with van der Waals surface area (Å²) in [5.41, 5.74) is 5.37. The minimum absolute atomic E-state index is 0.0379. The number of aliphatic carboxylic acids is 1. The van der Waals surface area contributed by atoms with Gasteiger partial charge in [0, 0.05) is 13.1 Å². The summed E-state index contributed by atoms with van der Waals surface area (Å²) in [7, 11) is -3.82. The molecular weight excluding hydrogens is 272 g/mol. The van der Waals surface area contributed by atoms with Crippen molar-refractivity contribution in [3.8, 4) is 0 Å². The molecule has 1 heterocycles. The number of piperidine rings is 1. The highest BCUT2D eigenvalue weighted by Gasteiger charge is 2.24. The Balaban J connectivity index is 2.54. The first-order chi connectivity index (χ1) is 8.80. The topological polar surface area (TPSA) is 139 Å². The zero-order valence-electron chi connectivity index (χ0n) is 10.8. The summed E-state index contributed by atoms with van der Waals surface area (Å²) in [6.45, 7) is 2.08. The fourth-order valence-corrected chi connectivity index (χ4v) is 2.86. The third kappa shape index (κ3) is 5.83. The number of hydrogen-bond donors (Lipinski definition) is 4. The highest BCUT2D eigenvalue weighted by molar-refractivity contribution is 7.86. The van der Waals surface area contributed by atoms with Gasteiger partial charge in [0.05, 0.1) is 0 Å². The van der Waals surface area contributed by atoms with Gasteiger partial charge in [-0.2, -0.15) is 12.7 Å². The maximum absolute atomic E-state index is 11.5.